The van der Waals surface area contributed by atoms with Crippen molar-refractivity contribution in [3.8, 4) is 0 Å². The number of carbonyl (C=O) groups excluding carboxylic acids is 1. The van der Waals surface area contributed by atoms with Crippen molar-refractivity contribution in [2.45, 2.75) is 52.4 Å². The maximum absolute atomic E-state index is 12.8. The van der Waals surface area contributed by atoms with Crippen molar-refractivity contribution >= 4 is 33.1 Å². The largest absolute Gasteiger partial charge is 0.321 e. The van der Waals surface area contributed by atoms with Crippen LogP contribution in [0, 0.1) is 13.8 Å². The third kappa shape index (κ3) is 3.38. The van der Waals surface area contributed by atoms with Gasteiger partial charge in [0, 0.05) is 16.8 Å². The highest BCUT2D eigenvalue weighted by Gasteiger charge is 2.16. The number of hydrogen-bond acceptors (Lipinski definition) is 3. The highest BCUT2D eigenvalue weighted by molar-refractivity contribution is 7.20. The van der Waals surface area contributed by atoms with E-state index in [0.717, 1.165) is 39.2 Å². The van der Waals surface area contributed by atoms with Crippen molar-refractivity contribution in [3.63, 3.8) is 0 Å². The van der Waals surface area contributed by atoms with Gasteiger partial charge in [-0.25, -0.2) is 4.98 Å². The second-order valence-electron chi connectivity index (χ2n) is 7.22. The van der Waals surface area contributed by atoms with Gasteiger partial charge >= 0.3 is 0 Å². The molecule has 1 amide bonds. The number of aryl methyl sites for hydroxylation is 3. The van der Waals surface area contributed by atoms with Crippen LogP contribution < -0.4 is 5.32 Å². The number of hydrogen-bond donors (Lipinski definition) is 1. The fourth-order valence-electron chi connectivity index (χ4n) is 3.63. The van der Waals surface area contributed by atoms with Crippen LogP contribution in [0.15, 0.2) is 30.3 Å². The molecule has 0 unspecified atom stereocenters. The Morgan fingerprint density at radius 1 is 1.08 bits per heavy atom. The Kier molecular flexibility index (Phi) is 4.77. The molecule has 0 fully saturated rings. The van der Waals surface area contributed by atoms with Gasteiger partial charge in [0.15, 0.2) is 0 Å². The van der Waals surface area contributed by atoms with Gasteiger partial charge in [0.25, 0.3) is 5.91 Å². The molecule has 3 nitrogen and oxygen atoms in total. The van der Waals surface area contributed by atoms with Crippen LogP contribution in [0.25, 0.3) is 10.2 Å². The Hall–Kier alpha value is -2.20. The number of nitrogens with one attached hydrogen (secondary N) is 1. The minimum Gasteiger partial charge on any atom is -0.321 e. The molecule has 0 atom stereocenters. The molecule has 0 saturated heterocycles. The Balaban J connectivity index is 1.64. The molecular weight excluding hydrogens is 340 g/mol. The van der Waals surface area contributed by atoms with E-state index < -0.39 is 0 Å². The molecule has 134 valence electrons. The summed E-state index contributed by atoms with van der Waals surface area (Å²) in [7, 11) is 0. The molecule has 3 aromatic rings. The average Bonchev–Trinajstić information content (AvgIpc) is 3.02. The van der Waals surface area contributed by atoms with Crippen LogP contribution >= 0.6 is 11.3 Å². The second-order valence-corrected chi connectivity index (χ2v) is 8.25. The number of pyridine rings is 1. The lowest BCUT2D eigenvalue weighted by atomic mass is 9.97. The van der Waals surface area contributed by atoms with Gasteiger partial charge in [-0.05, 0) is 74.4 Å². The van der Waals surface area contributed by atoms with Gasteiger partial charge in [-0.15, -0.1) is 11.3 Å². The first kappa shape index (κ1) is 17.2. The van der Waals surface area contributed by atoms with E-state index in [-0.39, 0.29) is 5.91 Å². The summed E-state index contributed by atoms with van der Waals surface area (Å²) in [5.41, 5.74) is 5.79. The molecule has 2 aromatic heterocycles. The van der Waals surface area contributed by atoms with Crippen molar-refractivity contribution in [2.24, 2.45) is 0 Å². The van der Waals surface area contributed by atoms with Crippen LogP contribution in [-0.4, -0.2) is 10.9 Å². The Labute approximate surface area is 158 Å². The summed E-state index contributed by atoms with van der Waals surface area (Å²) in [5.74, 6) is -0.0471. The van der Waals surface area contributed by atoms with Crippen molar-refractivity contribution < 1.29 is 4.79 Å². The zero-order valence-electron chi connectivity index (χ0n) is 15.4. The molecule has 0 bridgehead atoms. The second kappa shape index (κ2) is 7.20. The highest BCUT2D eigenvalue weighted by Crippen LogP contribution is 2.29. The Morgan fingerprint density at radius 3 is 2.73 bits per heavy atom. The molecule has 0 aliphatic heterocycles. The molecule has 1 aliphatic carbocycles. The quantitative estimate of drug-likeness (QED) is 0.622. The maximum atomic E-state index is 12.8. The van der Waals surface area contributed by atoms with Crippen molar-refractivity contribution in [1.82, 2.24) is 4.98 Å². The number of nitrogens with zero attached hydrogens (tertiary/aromatic N) is 1. The van der Waals surface area contributed by atoms with Crippen molar-refractivity contribution in [3.05, 3.63) is 57.6 Å². The number of amides is 1. The van der Waals surface area contributed by atoms with Gasteiger partial charge in [0.1, 0.15) is 4.83 Å². The number of thiophene rings is 1. The molecule has 2 heterocycles. The third-order valence-corrected chi connectivity index (χ3v) is 6.41. The fraction of sp³-hybridized carbons (Fsp3) is 0.364. The fourth-order valence-corrected chi connectivity index (χ4v) is 4.56. The van der Waals surface area contributed by atoms with Crippen molar-refractivity contribution in [1.29, 1.82) is 0 Å². The zero-order valence-corrected chi connectivity index (χ0v) is 16.2. The standard InChI is InChI=1S/C22H24N2OS/c1-14-8-7-11-18(15(14)2)23-21(25)20-13-17-12-16-9-5-3-4-6-10-19(16)24-22(17)26-20/h7-8,11-13H,3-6,9-10H2,1-2H3,(H,23,25). The Bertz CT molecular complexity index is 929. The topological polar surface area (TPSA) is 42.0 Å². The molecule has 4 rings (SSSR count). The van der Waals surface area contributed by atoms with E-state index in [4.69, 9.17) is 4.98 Å². The lowest BCUT2D eigenvalue weighted by molar-refractivity contribution is 0.103. The van der Waals surface area contributed by atoms with Gasteiger partial charge in [-0.1, -0.05) is 25.0 Å². The summed E-state index contributed by atoms with van der Waals surface area (Å²) in [6, 6.07) is 10.2. The molecule has 4 heteroatoms. The van der Waals surface area contributed by atoms with Gasteiger partial charge in [-0.3, -0.25) is 4.79 Å². The lowest BCUT2D eigenvalue weighted by Crippen LogP contribution is -2.11. The lowest BCUT2D eigenvalue weighted by Gasteiger charge is -2.12. The smallest absolute Gasteiger partial charge is 0.265 e. The van der Waals surface area contributed by atoms with Crippen LogP contribution in [0.3, 0.4) is 0 Å². The number of carbonyl (C=O) groups is 1. The van der Waals surface area contributed by atoms with Crippen LogP contribution in [0.4, 0.5) is 5.69 Å². The number of fused-ring (bicyclic) bond motifs is 2. The van der Waals surface area contributed by atoms with Crippen LogP contribution in [-0.2, 0) is 12.8 Å². The summed E-state index contributed by atoms with van der Waals surface area (Å²) >= 11 is 1.50. The minimum atomic E-state index is -0.0471. The van der Waals surface area contributed by atoms with Gasteiger partial charge in [-0.2, -0.15) is 0 Å². The summed E-state index contributed by atoms with van der Waals surface area (Å²) in [4.78, 5) is 19.4. The molecule has 0 saturated carbocycles. The predicted molar refractivity (Wildman–Crippen MR) is 109 cm³/mol. The minimum absolute atomic E-state index is 0.0471. The first-order valence-electron chi connectivity index (χ1n) is 9.42. The van der Waals surface area contributed by atoms with Crippen LogP contribution in [0.5, 0.6) is 0 Å². The van der Waals surface area contributed by atoms with Gasteiger partial charge in [0.2, 0.25) is 0 Å². The SMILES string of the molecule is Cc1cccc(NC(=O)c2cc3cc4c(nc3s2)CCCCCC4)c1C. The van der Waals surface area contributed by atoms with Crippen molar-refractivity contribution in [2.75, 3.05) is 5.32 Å². The van der Waals surface area contributed by atoms with E-state index in [1.54, 1.807) is 0 Å². The van der Waals surface area contributed by atoms with E-state index in [1.807, 2.05) is 25.1 Å². The predicted octanol–water partition coefficient (Wildman–Crippen LogP) is 5.82. The summed E-state index contributed by atoms with van der Waals surface area (Å²) < 4.78 is 0. The Morgan fingerprint density at radius 2 is 1.88 bits per heavy atom. The summed E-state index contributed by atoms with van der Waals surface area (Å²) in [5, 5.41) is 4.16. The molecule has 0 radical (unpaired) electrons. The number of anilines is 1. The summed E-state index contributed by atoms with van der Waals surface area (Å²) in [6.45, 7) is 4.10. The highest BCUT2D eigenvalue weighted by atomic mass is 32.1. The van der Waals surface area contributed by atoms with E-state index in [0.29, 0.717) is 0 Å². The first-order chi connectivity index (χ1) is 12.6. The summed E-state index contributed by atoms with van der Waals surface area (Å²) in [6.07, 6.45) is 7.24. The van der Waals surface area contributed by atoms with Gasteiger partial charge < -0.3 is 5.32 Å². The number of aromatic nitrogens is 1. The number of benzene rings is 1. The first-order valence-corrected chi connectivity index (χ1v) is 10.2. The van der Waals surface area contributed by atoms with E-state index in [2.05, 4.69) is 24.4 Å². The molecular formula is C22H24N2OS. The zero-order chi connectivity index (χ0) is 18.1. The maximum Gasteiger partial charge on any atom is 0.265 e. The molecule has 1 aromatic carbocycles. The molecule has 1 aliphatic rings. The normalized spacial score (nSPS) is 14.5. The van der Waals surface area contributed by atoms with E-state index >= 15 is 0 Å². The number of rotatable bonds is 2. The monoisotopic (exact) mass is 364 g/mol. The van der Waals surface area contributed by atoms with Crippen LogP contribution in [0.1, 0.15) is 57.7 Å². The third-order valence-electron chi connectivity index (χ3n) is 5.36. The van der Waals surface area contributed by atoms with Crippen LogP contribution in [0.2, 0.25) is 0 Å². The molecule has 0 spiro atoms. The molecule has 26 heavy (non-hydrogen) atoms. The average molecular weight is 365 g/mol. The van der Waals surface area contributed by atoms with E-state index in [1.165, 1.54) is 53.8 Å². The van der Waals surface area contributed by atoms with Gasteiger partial charge in [0.05, 0.1) is 4.88 Å². The molecule has 1 N–H and O–H groups in total. The van der Waals surface area contributed by atoms with E-state index in [9.17, 15) is 4.79 Å².